The summed E-state index contributed by atoms with van der Waals surface area (Å²) < 4.78 is 0. The van der Waals surface area contributed by atoms with E-state index in [-0.39, 0.29) is 0 Å². The van der Waals surface area contributed by atoms with Gasteiger partial charge >= 0.3 is 5.97 Å². The molecule has 0 saturated heterocycles. The lowest BCUT2D eigenvalue weighted by Crippen LogP contribution is -2.42. The van der Waals surface area contributed by atoms with Crippen LogP contribution < -0.4 is 0 Å². The highest BCUT2D eigenvalue weighted by atomic mass is 16.4. The van der Waals surface area contributed by atoms with Crippen molar-refractivity contribution < 1.29 is 9.90 Å². The average molecular weight is 486 g/mol. The van der Waals surface area contributed by atoms with Crippen molar-refractivity contribution in [3.8, 4) is 12.3 Å². The van der Waals surface area contributed by atoms with Gasteiger partial charge in [-0.25, -0.2) is 0 Å². The smallest absolute Gasteiger partial charge is 0.325 e. The molecule has 3 unspecified atom stereocenters. The van der Waals surface area contributed by atoms with Crippen molar-refractivity contribution in [3.63, 3.8) is 0 Å². The Kier molecular flexibility index (Phi) is 28.0. The van der Waals surface area contributed by atoms with E-state index in [4.69, 9.17) is 6.42 Å². The maximum atomic E-state index is 11.6. The standard InChI is InChI=1S/C18H29NO2.C6H8.C6H12.C2H6/c1-7-12-19(13-8-2)17(18(20)21)16(6)11-10-15(5)14(4)9-3;1-2-3-6-4-5-6;1-3-5-6-4-2;1-2/h7-8,10-11,14-15,17H,1-2,6,9,12-13H2,3-5H3,(H,20,21);1,6H,3-5H2;3H,1,4-6H2,2H3;1-2H3/b11-10-;;;. The highest BCUT2D eigenvalue weighted by Gasteiger charge is 2.25. The Morgan fingerprint density at radius 1 is 1.11 bits per heavy atom. The van der Waals surface area contributed by atoms with Crippen LogP contribution in [0, 0.1) is 30.1 Å². The minimum absolute atomic E-state index is 0.397. The molecule has 3 nitrogen and oxygen atoms in total. The SMILES string of the molecule is C#CCC1CC1.C=CCCCC.C=CCN(CC=C)C(C(=C)/C=C\C(C)C(C)CC)C(=O)O.CC. The van der Waals surface area contributed by atoms with Crippen molar-refractivity contribution in [1.29, 1.82) is 0 Å². The van der Waals surface area contributed by atoms with E-state index < -0.39 is 12.0 Å². The normalized spacial score (nSPS) is 14.3. The number of hydrogen-bond donors (Lipinski definition) is 1. The number of carbonyl (C=O) groups is 1. The van der Waals surface area contributed by atoms with Crippen LogP contribution in [0.25, 0.3) is 0 Å². The summed E-state index contributed by atoms with van der Waals surface area (Å²) in [6.07, 6.45) is 22.9. The summed E-state index contributed by atoms with van der Waals surface area (Å²) in [6, 6.07) is -0.749. The van der Waals surface area contributed by atoms with E-state index in [1.54, 1.807) is 17.1 Å². The summed E-state index contributed by atoms with van der Waals surface area (Å²) in [6.45, 7) is 28.5. The van der Waals surface area contributed by atoms with Crippen LogP contribution in [-0.2, 0) is 4.79 Å². The first-order valence-corrected chi connectivity index (χ1v) is 13.3. The molecule has 0 aromatic heterocycles. The topological polar surface area (TPSA) is 40.5 Å². The molecule has 1 aliphatic carbocycles. The minimum atomic E-state index is -0.899. The molecule has 0 amide bonds. The number of terminal acetylenes is 1. The number of hydrogen-bond acceptors (Lipinski definition) is 2. The maximum absolute atomic E-state index is 11.6. The zero-order valence-corrected chi connectivity index (χ0v) is 23.8. The third-order valence-electron chi connectivity index (χ3n) is 5.70. The Morgan fingerprint density at radius 2 is 1.66 bits per heavy atom. The van der Waals surface area contributed by atoms with Crippen molar-refractivity contribution >= 4 is 5.97 Å². The second-order valence-corrected chi connectivity index (χ2v) is 8.73. The number of aliphatic carboxylic acids is 1. The van der Waals surface area contributed by atoms with Gasteiger partial charge in [-0.15, -0.1) is 32.1 Å². The molecule has 1 aliphatic rings. The first-order valence-electron chi connectivity index (χ1n) is 13.3. The maximum Gasteiger partial charge on any atom is 0.325 e. The fourth-order valence-electron chi connectivity index (χ4n) is 2.93. The van der Waals surface area contributed by atoms with Crippen molar-refractivity contribution in [1.82, 2.24) is 4.90 Å². The minimum Gasteiger partial charge on any atom is -0.480 e. The molecule has 200 valence electrons. The van der Waals surface area contributed by atoms with Gasteiger partial charge < -0.3 is 5.11 Å². The monoisotopic (exact) mass is 485 g/mol. The Hall–Kier alpha value is -2.31. The Morgan fingerprint density at radius 3 is 1.94 bits per heavy atom. The molecule has 0 heterocycles. The molecule has 3 heteroatoms. The lowest BCUT2D eigenvalue weighted by Gasteiger charge is -2.27. The zero-order valence-electron chi connectivity index (χ0n) is 23.8. The zero-order chi connectivity index (χ0) is 27.6. The average Bonchev–Trinajstić information content (AvgIpc) is 3.67. The molecule has 1 N–H and O–H groups in total. The van der Waals surface area contributed by atoms with Crippen molar-refractivity contribution in [2.75, 3.05) is 13.1 Å². The van der Waals surface area contributed by atoms with E-state index in [1.807, 2.05) is 32.1 Å². The van der Waals surface area contributed by atoms with Crippen LogP contribution in [0.1, 0.15) is 86.5 Å². The van der Waals surface area contributed by atoms with Gasteiger partial charge in [0.25, 0.3) is 0 Å². The molecule has 35 heavy (non-hydrogen) atoms. The molecule has 0 radical (unpaired) electrons. The Balaban J connectivity index is -0.000000588. The van der Waals surface area contributed by atoms with Gasteiger partial charge in [-0.2, -0.15) is 0 Å². The molecule has 0 aromatic rings. The van der Waals surface area contributed by atoms with Gasteiger partial charge in [-0.3, -0.25) is 9.69 Å². The van der Waals surface area contributed by atoms with E-state index >= 15 is 0 Å². The fraction of sp³-hybridized carbons (Fsp3) is 0.594. The molecule has 0 spiro atoms. The predicted octanol–water partition coefficient (Wildman–Crippen LogP) is 8.72. The highest BCUT2D eigenvalue weighted by Crippen LogP contribution is 2.31. The van der Waals surface area contributed by atoms with Gasteiger partial charge in [0.15, 0.2) is 0 Å². The van der Waals surface area contributed by atoms with Crippen LogP contribution in [0.5, 0.6) is 0 Å². The number of carboxylic acid groups (broad SMARTS) is 1. The van der Waals surface area contributed by atoms with Crippen molar-refractivity contribution in [2.24, 2.45) is 17.8 Å². The first-order chi connectivity index (χ1) is 16.7. The van der Waals surface area contributed by atoms with E-state index in [0.29, 0.717) is 30.5 Å². The van der Waals surface area contributed by atoms with Crippen LogP contribution in [-0.4, -0.2) is 35.1 Å². The highest BCUT2D eigenvalue weighted by molar-refractivity contribution is 5.78. The van der Waals surface area contributed by atoms with Crippen molar-refractivity contribution in [2.45, 2.75) is 92.5 Å². The predicted molar refractivity (Wildman–Crippen MR) is 158 cm³/mol. The largest absolute Gasteiger partial charge is 0.480 e. The molecule has 0 bridgehead atoms. The molecule has 0 aliphatic heterocycles. The quantitative estimate of drug-likeness (QED) is 0.109. The number of nitrogens with zero attached hydrogens (tertiary/aromatic N) is 1. The molecule has 3 atom stereocenters. The Labute approximate surface area is 218 Å². The number of carboxylic acids is 1. The lowest BCUT2D eigenvalue weighted by atomic mass is 9.92. The van der Waals surface area contributed by atoms with Gasteiger partial charge in [0.05, 0.1) is 0 Å². The fourth-order valence-corrected chi connectivity index (χ4v) is 2.93. The van der Waals surface area contributed by atoms with Crippen LogP contribution in [0.2, 0.25) is 0 Å². The van der Waals surface area contributed by atoms with Crippen LogP contribution in [0.4, 0.5) is 0 Å². The third kappa shape index (κ3) is 21.9. The van der Waals surface area contributed by atoms with E-state index in [0.717, 1.165) is 18.8 Å². The van der Waals surface area contributed by atoms with E-state index in [9.17, 15) is 9.90 Å². The van der Waals surface area contributed by atoms with E-state index in [1.165, 1.54) is 32.1 Å². The summed E-state index contributed by atoms with van der Waals surface area (Å²) in [5.41, 5.74) is 0.585. The summed E-state index contributed by atoms with van der Waals surface area (Å²) in [4.78, 5) is 13.3. The summed E-state index contributed by atoms with van der Waals surface area (Å²) in [5.74, 6) is 3.60. The molecule has 0 aromatic carbocycles. The van der Waals surface area contributed by atoms with Gasteiger partial charge in [-0.05, 0) is 42.6 Å². The molecular formula is C32H55NO2. The van der Waals surface area contributed by atoms with Crippen LogP contribution in [0.15, 0.2) is 62.3 Å². The Bertz CT molecular complexity index is 626. The lowest BCUT2D eigenvalue weighted by molar-refractivity contribution is -0.141. The van der Waals surface area contributed by atoms with Gasteiger partial charge in [0.2, 0.25) is 0 Å². The summed E-state index contributed by atoms with van der Waals surface area (Å²) in [7, 11) is 0. The van der Waals surface area contributed by atoms with Crippen LogP contribution in [0.3, 0.4) is 0 Å². The number of allylic oxidation sites excluding steroid dienone is 2. The van der Waals surface area contributed by atoms with Crippen LogP contribution >= 0.6 is 0 Å². The summed E-state index contributed by atoms with van der Waals surface area (Å²) in [5, 5.41) is 9.48. The summed E-state index contributed by atoms with van der Waals surface area (Å²) >= 11 is 0. The molecular weight excluding hydrogens is 430 g/mol. The molecule has 1 fully saturated rings. The van der Waals surface area contributed by atoms with Crippen molar-refractivity contribution in [3.05, 3.63) is 62.3 Å². The first kappa shape index (κ1) is 37.2. The third-order valence-corrected chi connectivity index (χ3v) is 5.70. The second-order valence-electron chi connectivity index (χ2n) is 8.73. The van der Waals surface area contributed by atoms with E-state index in [2.05, 4.69) is 59.9 Å². The number of rotatable bonds is 15. The second kappa shape index (κ2) is 26.3. The van der Waals surface area contributed by atoms with Gasteiger partial charge in [-0.1, -0.05) is 97.8 Å². The number of unbranched alkanes of at least 4 members (excludes halogenated alkanes) is 2. The van der Waals surface area contributed by atoms with Gasteiger partial charge in [0.1, 0.15) is 6.04 Å². The molecule has 1 rings (SSSR count). The van der Waals surface area contributed by atoms with Gasteiger partial charge in [0, 0.05) is 19.5 Å². The molecule has 1 saturated carbocycles.